The summed E-state index contributed by atoms with van der Waals surface area (Å²) in [4.78, 5) is 8.84. The maximum atomic E-state index is 4.44. The van der Waals surface area contributed by atoms with Crippen LogP contribution >= 0.6 is 0 Å². The van der Waals surface area contributed by atoms with Gasteiger partial charge in [-0.15, -0.1) is 0 Å². The molecule has 2 nitrogen and oxygen atoms in total. The summed E-state index contributed by atoms with van der Waals surface area (Å²) in [5.74, 6) is 2.15. The summed E-state index contributed by atoms with van der Waals surface area (Å²) >= 11 is 0. The van der Waals surface area contributed by atoms with Crippen LogP contribution < -0.4 is 0 Å². The summed E-state index contributed by atoms with van der Waals surface area (Å²) in [7, 11) is 0. The van der Waals surface area contributed by atoms with E-state index in [1.165, 1.54) is 5.56 Å². The van der Waals surface area contributed by atoms with Crippen molar-refractivity contribution in [2.45, 2.75) is 33.6 Å². The van der Waals surface area contributed by atoms with Crippen molar-refractivity contribution in [3.63, 3.8) is 0 Å². The highest BCUT2D eigenvalue weighted by molar-refractivity contribution is 6.10. The Morgan fingerprint density at radius 3 is 2.18 bits per heavy atom. The zero-order chi connectivity index (χ0) is 12.4. The van der Waals surface area contributed by atoms with Gasteiger partial charge < -0.3 is 0 Å². The van der Waals surface area contributed by atoms with Gasteiger partial charge in [0, 0.05) is 11.3 Å². The molecular weight excluding hydrogens is 208 g/mol. The highest BCUT2D eigenvalue weighted by atomic mass is 15.0. The summed E-state index contributed by atoms with van der Waals surface area (Å²) < 4.78 is 0. The second-order valence-electron chi connectivity index (χ2n) is 5.14. The highest BCUT2D eigenvalue weighted by Gasteiger charge is 2.12. The monoisotopic (exact) mass is 228 g/mol. The number of rotatable bonds is 3. The molecule has 0 saturated heterocycles. The summed E-state index contributed by atoms with van der Waals surface area (Å²) in [5.41, 5.74) is 3.62. The Balaban J connectivity index is 2.19. The van der Waals surface area contributed by atoms with Crippen LogP contribution in [0.5, 0.6) is 0 Å². The van der Waals surface area contributed by atoms with Crippen LogP contribution in [-0.4, -0.2) is 18.1 Å². The average molecular weight is 228 g/mol. The van der Waals surface area contributed by atoms with E-state index in [0.29, 0.717) is 11.8 Å². The molecule has 0 radical (unpaired) electrons. The van der Waals surface area contributed by atoms with Crippen molar-refractivity contribution >= 4 is 11.5 Å². The number of hydrogen-bond donors (Lipinski definition) is 0. The molecule has 1 heterocycles. The molecule has 90 valence electrons. The highest BCUT2D eigenvalue weighted by Crippen LogP contribution is 2.24. The van der Waals surface area contributed by atoms with E-state index in [2.05, 4.69) is 55.0 Å². The van der Waals surface area contributed by atoms with Gasteiger partial charge in [-0.05, 0) is 24.3 Å². The fourth-order valence-corrected chi connectivity index (χ4v) is 1.92. The second kappa shape index (κ2) is 4.82. The van der Waals surface area contributed by atoms with E-state index in [9.17, 15) is 0 Å². The smallest absolute Gasteiger partial charge is 0.154 e. The standard InChI is InChI=1S/C15H20N2/c1-10(2)12(4)13-5-7-14(8-6-13)15-16-9-11(3)17-15/h5-8,10,12H,9H2,1-4H3. The molecule has 17 heavy (non-hydrogen) atoms. The molecule has 1 aromatic rings. The Labute approximate surface area is 104 Å². The zero-order valence-electron chi connectivity index (χ0n) is 11.1. The molecule has 0 saturated carbocycles. The largest absolute Gasteiger partial charge is 0.260 e. The van der Waals surface area contributed by atoms with Gasteiger partial charge in [-0.1, -0.05) is 45.0 Å². The zero-order valence-corrected chi connectivity index (χ0v) is 11.1. The van der Waals surface area contributed by atoms with Crippen LogP contribution in [0.3, 0.4) is 0 Å². The van der Waals surface area contributed by atoms with E-state index in [1.807, 2.05) is 6.92 Å². The van der Waals surface area contributed by atoms with Crippen LogP contribution in [0.15, 0.2) is 34.3 Å². The SMILES string of the molecule is CC1=NC(c2ccc(C(C)C(C)C)cc2)=NC1. The lowest BCUT2D eigenvalue weighted by atomic mass is 9.90. The van der Waals surface area contributed by atoms with E-state index in [1.54, 1.807) is 0 Å². The molecule has 0 amide bonds. The first-order valence-corrected chi connectivity index (χ1v) is 6.27. The van der Waals surface area contributed by atoms with Gasteiger partial charge in [-0.3, -0.25) is 4.99 Å². The number of aliphatic imine (C=N–C) groups is 2. The molecule has 0 bridgehead atoms. The van der Waals surface area contributed by atoms with E-state index >= 15 is 0 Å². The van der Waals surface area contributed by atoms with Crippen molar-refractivity contribution in [1.82, 2.24) is 0 Å². The normalized spacial score (nSPS) is 17.0. The minimum atomic E-state index is 0.597. The molecule has 1 unspecified atom stereocenters. The number of hydrogen-bond acceptors (Lipinski definition) is 2. The van der Waals surface area contributed by atoms with Crippen LogP contribution in [0, 0.1) is 5.92 Å². The lowest BCUT2D eigenvalue weighted by molar-refractivity contribution is 0.535. The topological polar surface area (TPSA) is 24.7 Å². The van der Waals surface area contributed by atoms with Crippen LogP contribution in [0.4, 0.5) is 0 Å². The third-order valence-corrected chi connectivity index (χ3v) is 3.45. The lowest BCUT2D eigenvalue weighted by Gasteiger charge is -2.16. The molecule has 1 aliphatic rings. The van der Waals surface area contributed by atoms with Crippen molar-refractivity contribution < 1.29 is 0 Å². The van der Waals surface area contributed by atoms with E-state index < -0.39 is 0 Å². The fourth-order valence-electron chi connectivity index (χ4n) is 1.92. The lowest BCUT2D eigenvalue weighted by Crippen LogP contribution is -2.02. The molecular formula is C15H20N2. The maximum absolute atomic E-state index is 4.44. The number of amidine groups is 1. The molecule has 0 N–H and O–H groups in total. The quantitative estimate of drug-likeness (QED) is 0.754. The minimum absolute atomic E-state index is 0.597. The molecule has 0 aliphatic carbocycles. The summed E-state index contributed by atoms with van der Waals surface area (Å²) in [6, 6.07) is 8.67. The Kier molecular flexibility index (Phi) is 3.41. The van der Waals surface area contributed by atoms with E-state index in [4.69, 9.17) is 0 Å². The Morgan fingerprint density at radius 2 is 1.71 bits per heavy atom. The predicted molar refractivity (Wildman–Crippen MR) is 74.2 cm³/mol. The minimum Gasteiger partial charge on any atom is -0.260 e. The van der Waals surface area contributed by atoms with Crippen LogP contribution in [0.25, 0.3) is 0 Å². The summed E-state index contributed by atoms with van der Waals surface area (Å²) in [6.45, 7) is 9.56. The molecule has 0 fully saturated rings. The number of benzene rings is 1. The first kappa shape index (κ1) is 12.0. The fraction of sp³-hybridized carbons (Fsp3) is 0.467. The Morgan fingerprint density at radius 1 is 1.06 bits per heavy atom. The summed E-state index contributed by atoms with van der Waals surface area (Å²) in [5, 5.41) is 0. The third-order valence-electron chi connectivity index (χ3n) is 3.45. The maximum Gasteiger partial charge on any atom is 0.154 e. The van der Waals surface area contributed by atoms with Crippen LogP contribution in [0.1, 0.15) is 44.7 Å². The predicted octanol–water partition coefficient (Wildman–Crippen LogP) is 3.67. The Bertz CT molecular complexity index is 452. The van der Waals surface area contributed by atoms with Crippen molar-refractivity contribution in [3.05, 3.63) is 35.4 Å². The van der Waals surface area contributed by atoms with Gasteiger partial charge in [0.05, 0.1) is 6.54 Å². The van der Waals surface area contributed by atoms with Gasteiger partial charge in [0.25, 0.3) is 0 Å². The molecule has 0 aromatic heterocycles. The molecule has 1 aliphatic heterocycles. The van der Waals surface area contributed by atoms with Gasteiger partial charge in [-0.2, -0.15) is 0 Å². The van der Waals surface area contributed by atoms with E-state index in [0.717, 1.165) is 23.7 Å². The van der Waals surface area contributed by atoms with Gasteiger partial charge >= 0.3 is 0 Å². The van der Waals surface area contributed by atoms with Crippen molar-refractivity contribution in [2.75, 3.05) is 6.54 Å². The van der Waals surface area contributed by atoms with Gasteiger partial charge in [0.1, 0.15) is 0 Å². The molecule has 2 heteroatoms. The van der Waals surface area contributed by atoms with Crippen molar-refractivity contribution in [2.24, 2.45) is 15.9 Å². The molecule has 1 atom stereocenters. The molecule has 1 aromatic carbocycles. The second-order valence-corrected chi connectivity index (χ2v) is 5.14. The third kappa shape index (κ3) is 2.63. The van der Waals surface area contributed by atoms with Crippen molar-refractivity contribution in [1.29, 1.82) is 0 Å². The van der Waals surface area contributed by atoms with Crippen LogP contribution in [0.2, 0.25) is 0 Å². The van der Waals surface area contributed by atoms with E-state index in [-0.39, 0.29) is 0 Å². The van der Waals surface area contributed by atoms with Gasteiger partial charge in [0.15, 0.2) is 5.84 Å². The van der Waals surface area contributed by atoms with Crippen LogP contribution in [-0.2, 0) is 0 Å². The first-order chi connectivity index (χ1) is 8.08. The molecule has 2 rings (SSSR count). The van der Waals surface area contributed by atoms with Crippen molar-refractivity contribution in [3.8, 4) is 0 Å². The first-order valence-electron chi connectivity index (χ1n) is 6.27. The Hall–Kier alpha value is -1.44. The molecule has 0 spiro atoms. The summed E-state index contributed by atoms with van der Waals surface area (Å²) in [6.07, 6.45) is 0. The average Bonchev–Trinajstić information content (AvgIpc) is 2.75. The van der Waals surface area contributed by atoms with Gasteiger partial charge in [0.2, 0.25) is 0 Å². The van der Waals surface area contributed by atoms with Gasteiger partial charge in [-0.25, -0.2) is 4.99 Å². The number of nitrogens with zero attached hydrogens (tertiary/aromatic N) is 2.